The number of carbonyl (C=O) groups excluding carboxylic acids is 1. The van der Waals surface area contributed by atoms with Gasteiger partial charge in [0.2, 0.25) is 5.91 Å². The molecule has 0 saturated carbocycles. The molecule has 0 radical (unpaired) electrons. The van der Waals surface area contributed by atoms with Crippen LogP contribution in [0.5, 0.6) is 0 Å². The van der Waals surface area contributed by atoms with Crippen LogP contribution < -0.4 is 11.1 Å². The Bertz CT molecular complexity index is 154. The van der Waals surface area contributed by atoms with E-state index in [2.05, 4.69) is 11.4 Å². The molecule has 0 saturated heterocycles. The molecule has 10 heavy (non-hydrogen) atoms. The van der Waals surface area contributed by atoms with Crippen LogP contribution in [0.15, 0.2) is 12.3 Å². The van der Waals surface area contributed by atoms with Gasteiger partial charge in [-0.25, -0.2) is 0 Å². The summed E-state index contributed by atoms with van der Waals surface area (Å²) in [5, 5.41) is 3.07. The Morgan fingerprint density at radius 1 is 1.80 bits per heavy atom. The molecule has 0 spiro atoms. The van der Waals surface area contributed by atoms with Gasteiger partial charge in [-0.1, -0.05) is 6.08 Å². The van der Waals surface area contributed by atoms with Crippen molar-refractivity contribution in [3.05, 3.63) is 12.3 Å². The summed E-state index contributed by atoms with van der Waals surface area (Å²) in [6.45, 7) is 0. The molecule has 0 aromatic carbocycles. The molecule has 56 valence electrons. The lowest BCUT2D eigenvalue weighted by Crippen LogP contribution is -2.31. The van der Waals surface area contributed by atoms with Crippen molar-refractivity contribution in [2.45, 2.75) is 25.3 Å². The quantitative estimate of drug-likeness (QED) is 0.572. The van der Waals surface area contributed by atoms with Crippen LogP contribution >= 0.6 is 0 Å². The Hall–Kier alpha value is -0.990. The van der Waals surface area contributed by atoms with Gasteiger partial charge in [0.1, 0.15) is 0 Å². The Morgan fingerprint density at radius 3 is 3.10 bits per heavy atom. The third-order valence-corrected chi connectivity index (χ3v) is 1.58. The fourth-order valence-electron chi connectivity index (χ4n) is 1.07. The molecule has 1 unspecified atom stereocenters. The van der Waals surface area contributed by atoms with E-state index in [0.29, 0.717) is 6.42 Å². The van der Waals surface area contributed by atoms with Gasteiger partial charge in [-0.15, -0.1) is 0 Å². The van der Waals surface area contributed by atoms with Crippen LogP contribution in [0.4, 0.5) is 0 Å². The largest absolute Gasteiger partial charge is 0.388 e. The number of hydrogen-bond donors (Lipinski definition) is 2. The van der Waals surface area contributed by atoms with E-state index in [1.165, 1.54) is 0 Å². The first kappa shape index (κ1) is 7.12. The lowest BCUT2D eigenvalue weighted by atomic mass is 10.1. The second kappa shape index (κ2) is 3.25. The lowest BCUT2D eigenvalue weighted by Gasteiger charge is -2.17. The lowest BCUT2D eigenvalue weighted by molar-refractivity contribution is -0.118. The predicted octanol–water partition coefficient (Wildman–Crippen LogP) is 0.127. The number of rotatable bonds is 2. The maximum Gasteiger partial charge on any atom is 0.219 e. The summed E-state index contributed by atoms with van der Waals surface area (Å²) in [5.74, 6) is -0.229. The maximum atomic E-state index is 10.4. The van der Waals surface area contributed by atoms with Crippen molar-refractivity contribution in [1.82, 2.24) is 5.32 Å². The van der Waals surface area contributed by atoms with Gasteiger partial charge in [-0.3, -0.25) is 4.79 Å². The molecule has 3 heteroatoms. The molecule has 0 aromatic rings. The van der Waals surface area contributed by atoms with Crippen molar-refractivity contribution < 1.29 is 4.79 Å². The highest BCUT2D eigenvalue weighted by Crippen LogP contribution is 2.06. The monoisotopic (exact) mass is 140 g/mol. The number of carbonyl (C=O) groups is 1. The molecular weight excluding hydrogens is 128 g/mol. The van der Waals surface area contributed by atoms with Crippen molar-refractivity contribution in [2.75, 3.05) is 0 Å². The molecular formula is C7H12N2O. The highest BCUT2D eigenvalue weighted by Gasteiger charge is 2.10. The topological polar surface area (TPSA) is 55.1 Å². The third kappa shape index (κ3) is 2.09. The molecule has 0 fully saturated rings. The van der Waals surface area contributed by atoms with Crippen LogP contribution in [-0.2, 0) is 4.79 Å². The van der Waals surface area contributed by atoms with E-state index in [0.717, 1.165) is 12.8 Å². The van der Waals surface area contributed by atoms with Crippen LogP contribution in [0.1, 0.15) is 19.3 Å². The van der Waals surface area contributed by atoms with Gasteiger partial charge in [-0.05, 0) is 19.0 Å². The summed E-state index contributed by atoms with van der Waals surface area (Å²) in [4.78, 5) is 10.4. The van der Waals surface area contributed by atoms with Crippen molar-refractivity contribution in [1.29, 1.82) is 0 Å². The summed E-state index contributed by atoms with van der Waals surface area (Å²) < 4.78 is 0. The fraction of sp³-hybridized carbons (Fsp3) is 0.571. The van der Waals surface area contributed by atoms with Crippen LogP contribution in [0.2, 0.25) is 0 Å². The van der Waals surface area contributed by atoms with E-state index in [1.807, 2.05) is 6.20 Å². The summed E-state index contributed by atoms with van der Waals surface area (Å²) in [6.07, 6.45) is 6.45. The van der Waals surface area contributed by atoms with Crippen molar-refractivity contribution in [3.8, 4) is 0 Å². The van der Waals surface area contributed by atoms with E-state index >= 15 is 0 Å². The Morgan fingerprint density at radius 2 is 2.60 bits per heavy atom. The van der Waals surface area contributed by atoms with E-state index in [-0.39, 0.29) is 11.9 Å². The number of nitrogens with one attached hydrogen (secondary N) is 1. The minimum absolute atomic E-state index is 0.229. The van der Waals surface area contributed by atoms with Gasteiger partial charge in [0.15, 0.2) is 0 Å². The second-order valence-corrected chi connectivity index (χ2v) is 2.51. The molecule has 0 aromatic heterocycles. The Kier molecular flexibility index (Phi) is 2.31. The third-order valence-electron chi connectivity index (χ3n) is 1.58. The first-order valence-corrected chi connectivity index (χ1v) is 3.48. The van der Waals surface area contributed by atoms with E-state index in [9.17, 15) is 4.79 Å². The van der Waals surface area contributed by atoms with Gasteiger partial charge in [-0.2, -0.15) is 0 Å². The zero-order valence-electron chi connectivity index (χ0n) is 5.84. The molecule has 0 aliphatic carbocycles. The summed E-state index contributed by atoms with van der Waals surface area (Å²) in [5.41, 5.74) is 5.02. The number of hydrogen-bond acceptors (Lipinski definition) is 2. The minimum Gasteiger partial charge on any atom is -0.388 e. The first-order valence-electron chi connectivity index (χ1n) is 3.48. The molecule has 0 bridgehead atoms. The van der Waals surface area contributed by atoms with Crippen molar-refractivity contribution >= 4 is 5.91 Å². The minimum atomic E-state index is -0.229. The van der Waals surface area contributed by atoms with E-state index < -0.39 is 0 Å². The second-order valence-electron chi connectivity index (χ2n) is 2.51. The average molecular weight is 140 g/mol. The number of allylic oxidation sites excluding steroid dienone is 1. The van der Waals surface area contributed by atoms with Gasteiger partial charge < -0.3 is 11.1 Å². The normalized spacial score (nSPS) is 23.8. The maximum absolute atomic E-state index is 10.4. The van der Waals surface area contributed by atoms with Crippen LogP contribution in [0.3, 0.4) is 0 Å². The molecule has 1 amide bonds. The molecule has 1 aliphatic rings. The van der Waals surface area contributed by atoms with Gasteiger partial charge >= 0.3 is 0 Å². The number of primary amides is 1. The smallest absolute Gasteiger partial charge is 0.219 e. The van der Waals surface area contributed by atoms with Gasteiger partial charge in [0.25, 0.3) is 0 Å². The van der Waals surface area contributed by atoms with Crippen molar-refractivity contribution in [3.63, 3.8) is 0 Å². The van der Waals surface area contributed by atoms with Crippen LogP contribution in [-0.4, -0.2) is 11.9 Å². The molecule has 1 rings (SSSR count). The summed E-state index contributed by atoms with van der Waals surface area (Å²) in [7, 11) is 0. The van der Waals surface area contributed by atoms with E-state index in [4.69, 9.17) is 5.73 Å². The van der Waals surface area contributed by atoms with Crippen LogP contribution in [0.25, 0.3) is 0 Å². The Labute approximate surface area is 60.3 Å². The highest BCUT2D eigenvalue weighted by atomic mass is 16.1. The highest BCUT2D eigenvalue weighted by molar-refractivity contribution is 5.74. The van der Waals surface area contributed by atoms with Gasteiger partial charge in [0.05, 0.1) is 0 Å². The van der Waals surface area contributed by atoms with Crippen LogP contribution in [0, 0.1) is 0 Å². The zero-order chi connectivity index (χ0) is 7.40. The zero-order valence-corrected chi connectivity index (χ0v) is 5.84. The van der Waals surface area contributed by atoms with E-state index in [1.54, 1.807) is 0 Å². The summed E-state index contributed by atoms with van der Waals surface area (Å²) in [6, 6.07) is 0.266. The molecule has 1 aliphatic heterocycles. The SMILES string of the molecule is NC(=O)CC1CCC=CN1. The molecule has 1 atom stereocenters. The van der Waals surface area contributed by atoms with Gasteiger partial charge in [0, 0.05) is 12.5 Å². The molecule has 1 heterocycles. The Balaban J connectivity index is 2.28. The summed E-state index contributed by atoms with van der Waals surface area (Å²) >= 11 is 0. The first-order chi connectivity index (χ1) is 4.79. The number of amides is 1. The van der Waals surface area contributed by atoms with Crippen molar-refractivity contribution in [2.24, 2.45) is 5.73 Å². The predicted molar refractivity (Wildman–Crippen MR) is 39.1 cm³/mol. The molecule has 3 nitrogen and oxygen atoms in total. The standard InChI is InChI=1S/C7H12N2O/c8-7(10)5-6-3-1-2-4-9-6/h2,4,6,9H,1,3,5H2,(H2,8,10). The fourth-order valence-corrected chi connectivity index (χ4v) is 1.07. The molecule has 3 N–H and O–H groups in total. The number of nitrogens with two attached hydrogens (primary N) is 1. The average Bonchev–Trinajstić information content (AvgIpc) is 1.88.